The van der Waals surface area contributed by atoms with Crippen LogP contribution in [0.25, 0.3) is 0 Å². The average Bonchev–Trinajstić information content (AvgIpc) is 2.90. The van der Waals surface area contributed by atoms with Gasteiger partial charge in [-0.15, -0.1) is 0 Å². The molecular formula is C10H15NO3. The predicted octanol–water partition coefficient (Wildman–Crippen LogP) is 0.322. The molecule has 1 heterocycles. The Morgan fingerprint density at radius 1 is 1.57 bits per heavy atom. The molecule has 1 amide bonds. The van der Waals surface area contributed by atoms with Gasteiger partial charge in [0.15, 0.2) is 0 Å². The predicted molar refractivity (Wildman–Crippen MR) is 49.3 cm³/mol. The third kappa shape index (κ3) is 1.61. The maximum absolute atomic E-state index is 11.5. The van der Waals surface area contributed by atoms with Crippen LogP contribution in [0.1, 0.15) is 19.8 Å². The zero-order valence-corrected chi connectivity index (χ0v) is 8.29. The summed E-state index contributed by atoms with van der Waals surface area (Å²) in [6.45, 7) is 2.75. The molecule has 14 heavy (non-hydrogen) atoms. The van der Waals surface area contributed by atoms with Gasteiger partial charge in [-0.3, -0.25) is 9.59 Å². The van der Waals surface area contributed by atoms with Crippen LogP contribution in [0.15, 0.2) is 0 Å². The smallest absolute Gasteiger partial charge is 0.318 e. The van der Waals surface area contributed by atoms with E-state index >= 15 is 0 Å². The number of rotatable bonds is 3. The third-order valence-corrected chi connectivity index (χ3v) is 2.99. The van der Waals surface area contributed by atoms with Gasteiger partial charge in [0.1, 0.15) is 5.92 Å². The van der Waals surface area contributed by atoms with Crippen LogP contribution in [0.4, 0.5) is 0 Å². The lowest BCUT2D eigenvalue weighted by molar-refractivity contribution is -0.152. The third-order valence-electron chi connectivity index (χ3n) is 2.99. The molecule has 1 saturated carbocycles. The summed E-state index contributed by atoms with van der Waals surface area (Å²) >= 11 is 0. The first-order valence-corrected chi connectivity index (χ1v) is 5.18. The lowest BCUT2D eigenvalue weighted by Gasteiger charge is -2.13. The molecule has 2 aliphatic rings. The van der Waals surface area contributed by atoms with E-state index in [2.05, 4.69) is 5.32 Å². The zero-order chi connectivity index (χ0) is 10.1. The van der Waals surface area contributed by atoms with E-state index in [1.165, 1.54) is 0 Å². The van der Waals surface area contributed by atoms with Crippen molar-refractivity contribution in [2.45, 2.75) is 19.8 Å². The van der Waals surface area contributed by atoms with E-state index < -0.39 is 5.92 Å². The van der Waals surface area contributed by atoms with Crippen LogP contribution >= 0.6 is 0 Å². The van der Waals surface area contributed by atoms with Crippen LogP contribution in [-0.4, -0.2) is 25.0 Å². The summed E-state index contributed by atoms with van der Waals surface area (Å²) in [7, 11) is 0. The van der Waals surface area contributed by atoms with E-state index in [0.717, 1.165) is 12.8 Å². The molecule has 78 valence electrons. The van der Waals surface area contributed by atoms with Gasteiger partial charge in [-0.1, -0.05) is 0 Å². The van der Waals surface area contributed by atoms with Crippen molar-refractivity contribution in [2.24, 2.45) is 17.8 Å². The number of nitrogens with one attached hydrogen (secondary N) is 1. The van der Waals surface area contributed by atoms with E-state index in [-0.39, 0.29) is 17.8 Å². The number of hydrogen-bond donors (Lipinski definition) is 1. The fraction of sp³-hybridized carbons (Fsp3) is 0.800. The van der Waals surface area contributed by atoms with Gasteiger partial charge in [0.2, 0.25) is 5.91 Å². The largest absolute Gasteiger partial charge is 0.465 e. The maximum Gasteiger partial charge on any atom is 0.318 e. The molecule has 4 nitrogen and oxygen atoms in total. The molecule has 0 bridgehead atoms. The number of carbonyl (C=O) groups excluding carboxylic acids is 2. The summed E-state index contributed by atoms with van der Waals surface area (Å²) in [4.78, 5) is 22.9. The highest BCUT2D eigenvalue weighted by atomic mass is 16.5. The number of amides is 1. The van der Waals surface area contributed by atoms with Gasteiger partial charge in [0.25, 0.3) is 0 Å². The molecule has 0 aromatic heterocycles. The second-order valence-electron chi connectivity index (χ2n) is 3.98. The summed E-state index contributed by atoms with van der Waals surface area (Å²) in [5, 5.41) is 2.74. The zero-order valence-electron chi connectivity index (χ0n) is 8.29. The van der Waals surface area contributed by atoms with E-state index in [1.807, 2.05) is 0 Å². The summed E-state index contributed by atoms with van der Waals surface area (Å²) in [5.41, 5.74) is 0. The van der Waals surface area contributed by atoms with Crippen LogP contribution < -0.4 is 5.32 Å². The molecule has 2 rings (SSSR count). The molecule has 2 fully saturated rings. The van der Waals surface area contributed by atoms with Gasteiger partial charge in [-0.25, -0.2) is 0 Å². The minimum atomic E-state index is -0.539. The van der Waals surface area contributed by atoms with Crippen molar-refractivity contribution in [3.8, 4) is 0 Å². The van der Waals surface area contributed by atoms with Crippen LogP contribution in [0.3, 0.4) is 0 Å². The van der Waals surface area contributed by atoms with Gasteiger partial charge in [-0.05, 0) is 25.7 Å². The molecule has 0 aromatic carbocycles. The molecule has 1 aliphatic carbocycles. The van der Waals surface area contributed by atoms with Crippen LogP contribution in [0.2, 0.25) is 0 Å². The molecular weight excluding hydrogens is 182 g/mol. The molecule has 1 saturated heterocycles. The molecule has 4 heteroatoms. The van der Waals surface area contributed by atoms with E-state index in [9.17, 15) is 9.59 Å². The number of esters is 1. The molecule has 2 atom stereocenters. The van der Waals surface area contributed by atoms with Crippen molar-refractivity contribution in [1.82, 2.24) is 5.32 Å². The van der Waals surface area contributed by atoms with Gasteiger partial charge >= 0.3 is 5.97 Å². The SMILES string of the molecule is CCOC(=O)C1C(=O)NCC1C1CC1. The van der Waals surface area contributed by atoms with Gasteiger partial charge in [-0.2, -0.15) is 0 Å². The van der Waals surface area contributed by atoms with Gasteiger partial charge in [0, 0.05) is 12.5 Å². The monoisotopic (exact) mass is 197 g/mol. The quantitative estimate of drug-likeness (QED) is 0.523. The van der Waals surface area contributed by atoms with E-state index in [4.69, 9.17) is 4.74 Å². The second kappa shape index (κ2) is 3.59. The first-order valence-electron chi connectivity index (χ1n) is 5.18. The Labute approximate surface area is 83.0 Å². The Morgan fingerprint density at radius 2 is 2.29 bits per heavy atom. The van der Waals surface area contributed by atoms with Crippen molar-refractivity contribution >= 4 is 11.9 Å². The topological polar surface area (TPSA) is 55.4 Å². The minimum absolute atomic E-state index is 0.152. The minimum Gasteiger partial charge on any atom is -0.465 e. The van der Waals surface area contributed by atoms with Crippen LogP contribution in [0, 0.1) is 17.8 Å². The first kappa shape index (κ1) is 9.49. The Hall–Kier alpha value is -1.06. The molecule has 0 radical (unpaired) electrons. The Bertz CT molecular complexity index is 260. The highest BCUT2D eigenvalue weighted by molar-refractivity contribution is 5.99. The average molecular weight is 197 g/mol. The Kier molecular flexibility index (Phi) is 2.44. The molecule has 1 N–H and O–H groups in total. The lowest BCUT2D eigenvalue weighted by Crippen LogP contribution is -2.30. The van der Waals surface area contributed by atoms with Gasteiger partial charge < -0.3 is 10.1 Å². The number of carbonyl (C=O) groups is 2. The van der Waals surface area contributed by atoms with Crippen molar-refractivity contribution < 1.29 is 14.3 Å². The molecule has 0 spiro atoms. The lowest BCUT2D eigenvalue weighted by atomic mass is 9.91. The summed E-state index contributed by atoms with van der Waals surface area (Å²) in [5.74, 6) is -0.299. The molecule has 2 unspecified atom stereocenters. The number of ether oxygens (including phenoxy) is 1. The van der Waals surface area contributed by atoms with Crippen LogP contribution in [0.5, 0.6) is 0 Å². The summed E-state index contributed by atoms with van der Waals surface area (Å²) in [6, 6.07) is 0. The highest BCUT2D eigenvalue weighted by Crippen LogP contribution is 2.42. The maximum atomic E-state index is 11.5. The number of hydrogen-bond acceptors (Lipinski definition) is 3. The standard InChI is InChI=1S/C10H15NO3/c1-2-14-10(13)8-7(6-3-4-6)5-11-9(8)12/h6-8H,2-5H2,1H3,(H,11,12). The van der Waals surface area contributed by atoms with Crippen molar-refractivity contribution in [1.29, 1.82) is 0 Å². The highest BCUT2D eigenvalue weighted by Gasteiger charge is 2.48. The van der Waals surface area contributed by atoms with Crippen molar-refractivity contribution in [2.75, 3.05) is 13.2 Å². The van der Waals surface area contributed by atoms with Crippen LogP contribution in [-0.2, 0) is 14.3 Å². The second-order valence-corrected chi connectivity index (χ2v) is 3.98. The normalized spacial score (nSPS) is 31.4. The Balaban J connectivity index is 2.04. The fourth-order valence-corrected chi connectivity index (χ4v) is 2.12. The molecule has 1 aliphatic heterocycles. The first-order chi connectivity index (χ1) is 6.74. The Morgan fingerprint density at radius 3 is 2.86 bits per heavy atom. The van der Waals surface area contributed by atoms with E-state index in [0.29, 0.717) is 19.1 Å². The van der Waals surface area contributed by atoms with Crippen molar-refractivity contribution in [3.05, 3.63) is 0 Å². The van der Waals surface area contributed by atoms with Crippen molar-refractivity contribution in [3.63, 3.8) is 0 Å². The fourth-order valence-electron chi connectivity index (χ4n) is 2.12. The summed E-state index contributed by atoms with van der Waals surface area (Å²) in [6.07, 6.45) is 2.30. The van der Waals surface area contributed by atoms with Gasteiger partial charge in [0.05, 0.1) is 6.61 Å². The van der Waals surface area contributed by atoms with E-state index in [1.54, 1.807) is 6.92 Å². The summed E-state index contributed by atoms with van der Waals surface area (Å²) < 4.78 is 4.90. The molecule has 0 aromatic rings.